The zero-order chi connectivity index (χ0) is 17.3. The Morgan fingerprint density at radius 1 is 1.20 bits per heavy atom. The molecular weight excluding hydrogens is 312 g/mol. The minimum atomic E-state index is -0.763. The maximum Gasteiger partial charge on any atom is 0.253 e. The van der Waals surface area contributed by atoms with Crippen LogP contribution in [0.4, 0.5) is 0 Å². The van der Waals surface area contributed by atoms with Crippen LogP contribution in [0.5, 0.6) is 0 Å². The van der Waals surface area contributed by atoms with Crippen LogP contribution in [0.25, 0.3) is 0 Å². The van der Waals surface area contributed by atoms with E-state index in [4.69, 9.17) is 0 Å². The van der Waals surface area contributed by atoms with E-state index in [0.717, 1.165) is 25.2 Å². The summed E-state index contributed by atoms with van der Waals surface area (Å²) in [6, 6.07) is 8.87. The van der Waals surface area contributed by atoms with Gasteiger partial charge in [-0.05, 0) is 44.0 Å². The van der Waals surface area contributed by atoms with Gasteiger partial charge in [0.25, 0.3) is 5.79 Å². The molecule has 0 amide bonds. The summed E-state index contributed by atoms with van der Waals surface area (Å²) in [4.78, 5) is 19.6. The number of hydrogen-bond acceptors (Lipinski definition) is 6. The maximum absolute atomic E-state index is 4.46. The molecule has 1 N–H and O–H groups in total. The molecule has 1 aromatic rings. The van der Waals surface area contributed by atoms with E-state index in [1.165, 1.54) is 17.5 Å². The van der Waals surface area contributed by atoms with E-state index >= 15 is 0 Å². The molecule has 0 saturated heterocycles. The lowest BCUT2D eigenvalue weighted by Crippen LogP contribution is -2.52. The average Bonchev–Trinajstić information content (AvgIpc) is 3.05. The first-order chi connectivity index (χ1) is 12.2. The molecule has 2 heterocycles. The molecule has 0 bridgehead atoms. The Morgan fingerprint density at radius 2 is 2.04 bits per heavy atom. The molecule has 25 heavy (non-hydrogen) atoms. The molecule has 130 valence electrons. The van der Waals surface area contributed by atoms with Crippen molar-refractivity contribution in [1.29, 1.82) is 0 Å². The van der Waals surface area contributed by atoms with Gasteiger partial charge in [0.2, 0.25) is 0 Å². The molecule has 0 radical (unpaired) electrons. The summed E-state index contributed by atoms with van der Waals surface area (Å²) in [5, 5.41) is 3.56. The van der Waals surface area contributed by atoms with E-state index in [0.29, 0.717) is 11.8 Å². The van der Waals surface area contributed by atoms with E-state index in [1.807, 2.05) is 0 Å². The lowest BCUT2D eigenvalue weighted by Gasteiger charge is -2.37. The van der Waals surface area contributed by atoms with E-state index in [2.05, 4.69) is 68.5 Å². The van der Waals surface area contributed by atoms with Crippen molar-refractivity contribution in [2.24, 2.45) is 25.9 Å². The topological polar surface area (TPSA) is 64.7 Å². The van der Waals surface area contributed by atoms with Crippen LogP contribution in [0.15, 0.2) is 44.2 Å². The summed E-state index contributed by atoms with van der Waals surface area (Å²) in [7, 11) is 4.29. The molecule has 4 rings (SSSR count). The first kappa shape index (κ1) is 16.3. The standard InChI is InChI=1S/C19H24N6/c1-25(2)11-17-15(8-7-14-5-3-4-6-16(14)17)9-22-19-18(21-13-24-19)10-20-12-23-19/h3-6,10,12-13,15,17,22H,7-9,11H2,1-2H3. The fraction of sp³-hybridized carbons (Fsp3) is 0.474. The molecule has 0 aromatic heterocycles. The first-order valence-electron chi connectivity index (χ1n) is 8.84. The van der Waals surface area contributed by atoms with Crippen molar-refractivity contribution in [2.75, 3.05) is 27.2 Å². The van der Waals surface area contributed by atoms with Gasteiger partial charge in [0.05, 0.1) is 6.21 Å². The number of benzene rings is 1. The van der Waals surface area contributed by atoms with Gasteiger partial charge < -0.3 is 4.90 Å². The fourth-order valence-corrected chi connectivity index (χ4v) is 4.03. The van der Waals surface area contributed by atoms with Gasteiger partial charge in [-0.2, -0.15) is 0 Å². The molecule has 3 unspecified atom stereocenters. The zero-order valence-electron chi connectivity index (χ0n) is 14.8. The van der Waals surface area contributed by atoms with E-state index < -0.39 is 5.79 Å². The second kappa shape index (κ2) is 6.61. The van der Waals surface area contributed by atoms with E-state index in [9.17, 15) is 0 Å². The number of nitrogens with one attached hydrogen (secondary N) is 1. The molecule has 3 aliphatic rings. The third-order valence-electron chi connectivity index (χ3n) is 5.29. The van der Waals surface area contributed by atoms with Gasteiger partial charge in [-0.25, -0.2) is 20.0 Å². The van der Waals surface area contributed by atoms with Crippen LogP contribution < -0.4 is 5.32 Å². The highest BCUT2D eigenvalue weighted by atomic mass is 15.3. The predicted octanol–water partition coefficient (Wildman–Crippen LogP) is 1.73. The van der Waals surface area contributed by atoms with E-state index in [-0.39, 0.29) is 0 Å². The van der Waals surface area contributed by atoms with Crippen LogP contribution >= 0.6 is 0 Å². The third-order valence-corrected chi connectivity index (χ3v) is 5.29. The van der Waals surface area contributed by atoms with Gasteiger partial charge in [0.15, 0.2) is 0 Å². The third kappa shape index (κ3) is 3.07. The monoisotopic (exact) mass is 336 g/mol. The van der Waals surface area contributed by atoms with Gasteiger partial charge in [-0.1, -0.05) is 24.3 Å². The van der Waals surface area contributed by atoms with Crippen LogP contribution in [0.3, 0.4) is 0 Å². The quantitative estimate of drug-likeness (QED) is 0.890. The summed E-state index contributed by atoms with van der Waals surface area (Å²) in [5.74, 6) is 0.287. The normalized spacial score (nSPS) is 29.6. The summed E-state index contributed by atoms with van der Waals surface area (Å²) >= 11 is 0. The summed E-state index contributed by atoms with van der Waals surface area (Å²) < 4.78 is 0. The van der Waals surface area contributed by atoms with Gasteiger partial charge in [-0.15, -0.1) is 0 Å². The van der Waals surface area contributed by atoms with Crippen molar-refractivity contribution in [3.63, 3.8) is 0 Å². The van der Waals surface area contributed by atoms with Crippen molar-refractivity contribution in [3.05, 3.63) is 35.4 Å². The molecule has 2 aliphatic heterocycles. The van der Waals surface area contributed by atoms with Crippen LogP contribution in [-0.4, -0.2) is 62.5 Å². The maximum atomic E-state index is 4.46. The highest BCUT2D eigenvalue weighted by molar-refractivity contribution is 6.39. The summed E-state index contributed by atoms with van der Waals surface area (Å²) in [6.07, 6.45) is 7.17. The number of aliphatic imine (C=N–C) groups is 4. The summed E-state index contributed by atoms with van der Waals surface area (Å²) in [6.45, 7) is 1.90. The molecule has 0 fully saturated rings. The van der Waals surface area contributed by atoms with E-state index in [1.54, 1.807) is 18.9 Å². The molecule has 6 heteroatoms. The fourth-order valence-electron chi connectivity index (χ4n) is 4.03. The van der Waals surface area contributed by atoms with Gasteiger partial charge in [0, 0.05) is 19.0 Å². The smallest absolute Gasteiger partial charge is 0.253 e. The first-order valence-corrected chi connectivity index (χ1v) is 8.84. The van der Waals surface area contributed by atoms with Gasteiger partial charge in [0.1, 0.15) is 18.4 Å². The van der Waals surface area contributed by atoms with Gasteiger partial charge >= 0.3 is 0 Å². The number of aryl methyl sites for hydroxylation is 1. The van der Waals surface area contributed by atoms with Crippen LogP contribution in [0, 0.1) is 5.92 Å². The van der Waals surface area contributed by atoms with Crippen LogP contribution in [-0.2, 0) is 6.42 Å². The predicted molar refractivity (Wildman–Crippen MR) is 103 cm³/mol. The van der Waals surface area contributed by atoms with Crippen LogP contribution in [0.1, 0.15) is 23.5 Å². The number of hydrogen-bond donors (Lipinski definition) is 1. The largest absolute Gasteiger partial charge is 0.309 e. The lowest BCUT2D eigenvalue weighted by atomic mass is 9.74. The second-order valence-corrected chi connectivity index (χ2v) is 7.20. The van der Waals surface area contributed by atoms with Crippen molar-refractivity contribution < 1.29 is 0 Å². The highest BCUT2D eigenvalue weighted by Gasteiger charge is 2.39. The Kier molecular flexibility index (Phi) is 4.31. The highest BCUT2D eigenvalue weighted by Crippen LogP contribution is 2.36. The number of rotatable bonds is 5. The molecule has 3 atom stereocenters. The zero-order valence-corrected chi connectivity index (χ0v) is 14.8. The van der Waals surface area contributed by atoms with Crippen molar-refractivity contribution in [3.8, 4) is 0 Å². The minimum absolute atomic E-state index is 0.510. The SMILES string of the molecule is CN(C)CC1c2ccccc2CCC1CNC12N=CN=CC1=NC=N2. The summed E-state index contributed by atoms with van der Waals surface area (Å²) in [5.41, 5.74) is 3.76. The molecular formula is C19H24N6. The molecule has 0 spiro atoms. The van der Waals surface area contributed by atoms with Crippen LogP contribution in [0.2, 0.25) is 0 Å². The Balaban J connectivity index is 1.54. The Hall–Kier alpha value is -2.18. The Labute approximate surface area is 148 Å². The molecule has 1 aliphatic carbocycles. The lowest BCUT2D eigenvalue weighted by molar-refractivity contribution is 0.265. The van der Waals surface area contributed by atoms with Crippen molar-refractivity contribution >= 4 is 24.6 Å². The number of nitrogens with zero attached hydrogens (tertiary/aromatic N) is 5. The Bertz CT molecular complexity index is 763. The van der Waals surface area contributed by atoms with Crippen molar-refractivity contribution in [2.45, 2.75) is 24.5 Å². The molecule has 6 nitrogen and oxygen atoms in total. The number of likely N-dealkylation sites (N-methyl/N-ethyl adjacent to an activating group) is 1. The van der Waals surface area contributed by atoms with Gasteiger partial charge in [-0.3, -0.25) is 5.32 Å². The minimum Gasteiger partial charge on any atom is -0.309 e. The van der Waals surface area contributed by atoms with Crippen molar-refractivity contribution in [1.82, 2.24) is 10.2 Å². The second-order valence-electron chi connectivity index (χ2n) is 7.20. The number of fused-ring (bicyclic) bond motifs is 2. The molecule has 1 aromatic carbocycles. The average molecular weight is 336 g/mol. The Morgan fingerprint density at radius 3 is 2.92 bits per heavy atom. The molecule has 0 saturated carbocycles.